The monoisotopic (exact) mass is 246 g/mol. The first-order chi connectivity index (χ1) is 8.08. The second kappa shape index (κ2) is 4.68. The molecule has 0 aliphatic rings. The van der Waals surface area contributed by atoms with Crippen molar-refractivity contribution in [1.29, 1.82) is 0 Å². The minimum Gasteiger partial charge on any atom is -0.397 e. The predicted octanol–water partition coefficient (Wildman–Crippen LogP) is 4.28. The molecule has 0 heterocycles. The van der Waals surface area contributed by atoms with Crippen LogP contribution in [0.3, 0.4) is 0 Å². The SMILES string of the molecule is Cc1cc(Cl)ccc1Nc1c(C)cccc1N. The van der Waals surface area contributed by atoms with E-state index in [1.165, 1.54) is 0 Å². The molecule has 0 amide bonds. The van der Waals surface area contributed by atoms with Crippen LogP contribution in [0.5, 0.6) is 0 Å². The molecule has 0 spiro atoms. The summed E-state index contributed by atoms with van der Waals surface area (Å²) in [5, 5.41) is 4.09. The van der Waals surface area contributed by atoms with Crippen LogP contribution >= 0.6 is 11.6 Å². The van der Waals surface area contributed by atoms with E-state index in [1.54, 1.807) is 0 Å². The number of hydrogen-bond acceptors (Lipinski definition) is 2. The van der Waals surface area contributed by atoms with Crippen LogP contribution in [0.15, 0.2) is 36.4 Å². The number of nitrogen functional groups attached to an aromatic ring is 1. The first-order valence-electron chi connectivity index (χ1n) is 5.46. The maximum absolute atomic E-state index is 5.96. The normalized spacial score (nSPS) is 10.3. The minimum absolute atomic E-state index is 0.741. The molecular weight excluding hydrogens is 232 g/mol. The minimum atomic E-state index is 0.741. The summed E-state index contributed by atoms with van der Waals surface area (Å²) in [6.07, 6.45) is 0. The fourth-order valence-corrected chi connectivity index (χ4v) is 1.99. The largest absolute Gasteiger partial charge is 0.397 e. The molecule has 17 heavy (non-hydrogen) atoms. The average molecular weight is 247 g/mol. The maximum atomic E-state index is 5.96. The van der Waals surface area contributed by atoms with Gasteiger partial charge in [0.15, 0.2) is 0 Å². The number of hydrogen-bond donors (Lipinski definition) is 2. The molecule has 3 heteroatoms. The summed E-state index contributed by atoms with van der Waals surface area (Å²) in [5.74, 6) is 0. The van der Waals surface area contributed by atoms with Gasteiger partial charge in [-0.1, -0.05) is 23.7 Å². The fraction of sp³-hybridized carbons (Fsp3) is 0.143. The lowest BCUT2D eigenvalue weighted by Gasteiger charge is -2.14. The van der Waals surface area contributed by atoms with Gasteiger partial charge in [-0.3, -0.25) is 0 Å². The van der Waals surface area contributed by atoms with E-state index in [9.17, 15) is 0 Å². The number of aryl methyl sites for hydroxylation is 2. The van der Waals surface area contributed by atoms with Gasteiger partial charge in [-0.05, 0) is 49.2 Å². The van der Waals surface area contributed by atoms with Crippen molar-refractivity contribution in [3.05, 3.63) is 52.5 Å². The lowest BCUT2D eigenvalue weighted by Crippen LogP contribution is -1.99. The zero-order valence-electron chi connectivity index (χ0n) is 9.92. The molecule has 88 valence electrons. The molecule has 3 N–H and O–H groups in total. The molecule has 2 nitrogen and oxygen atoms in total. The highest BCUT2D eigenvalue weighted by atomic mass is 35.5. The van der Waals surface area contributed by atoms with Crippen LogP contribution in [-0.4, -0.2) is 0 Å². The van der Waals surface area contributed by atoms with E-state index < -0.39 is 0 Å². The van der Waals surface area contributed by atoms with E-state index in [0.717, 1.165) is 33.2 Å². The summed E-state index contributed by atoms with van der Waals surface area (Å²) in [6, 6.07) is 11.6. The zero-order chi connectivity index (χ0) is 12.4. The molecule has 0 aromatic heterocycles. The third kappa shape index (κ3) is 2.53. The molecule has 0 bridgehead atoms. The van der Waals surface area contributed by atoms with Gasteiger partial charge < -0.3 is 11.1 Å². The van der Waals surface area contributed by atoms with Crippen molar-refractivity contribution in [2.24, 2.45) is 0 Å². The van der Waals surface area contributed by atoms with Gasteiger partial charge in [0, 0.05) is 10.7 Å². The number of halogens is 1. The van der Waals surface area contributed by atoms with Crippen LogP contribution < -0.4 is 11.1 Å². The summed E-state index contributed by atoms with van der Waals surface area (Å²) in [5.41, 5.74) is 10.9. The van der Waals surface area contributed by atoms with E-state index in [1.807, 2.05) is 50.2 Å². The second-order valence-electron chi connectivity index (χ2n) is 4.12. The quantitative estimate of drug-likeness (QED) is 0.776. The molecule has 0 fully saturated rings. The number of nitrogens with one attached hydrogen (secondary N) is 1. The Morgan fingerprint density at radius 1 is 1.06 bits per heavy atom. The lowest BCUT2D eigenvalue weighted by atomic mass is 10.1. The Balaban J connectivity index is 2.38. The molecule has 2 rings (SSSR count). The molecule has 0 aliphatic heterocycles. The van der Waals surface area contributed by atoms with E-state index in [0.29, 0.717) is 0 Å². The van der Waals surface area contributed by atoms with Crippen molar-refractivity contribution in [2.45, 2.75) is 13.8 Å². The molecule has 0 atom stereocenters. The van der Waals surface area contributed by atoms with Crippen LogP contribution in [0.4, 0.5) is 17.1 Å². The van der Waals surface area contributed by atoms with Gasteiger partial charge in [0.2, 0.25) is 0 Å². The number of rotatable bonds is 2. The first kappa shape index (κ1) is 11.8. The van der Waals surface area contributed by atoms with Gasteiger partial charge in [-0.2, -0.15) is 0 Å². The van der Waals surface area contributed by atoms with E-state index in [4.69, 9.17) is 17.3 Å². The van der Waals surface area contributed by atoms with Crippen LogP contribution in [0.25, 0.3) is 0 Å². The van der Waals surface area contributed by atoms with Crippen LogP contribution in [0.2, 0.25) is 5.02 Å². The Hall–Kier alpha value is -1.67. The second-order valence-corrected chi connectivity index (χ2v) is 4.56. The number of para-hydroxylation sites is 1. The molecule has 0 saturated heterocycles. The van der Waals surface area contributed by atoms with Gasteiger partial charge in [-0.25, -0.2) is 0 Å². The molecule has 0 unspecified atom stereocenters. The van der Waals surface area contributed by atoms with Crippen molar-refractivity contribution < 1.29 is 0 Å². The van der Waals surface area contributed by atoms with Crippen LogP contribution in [-0.2, 0) is 0 Å². The highest BCUT2D eigenvalue weighted by Crippen LogP contribution is 2.29. The van der Waals surface area contributed by atoms with Crippen LogP contribution in [0, 0.1) is 13.8 Å². The lowest BCUT2D eigenvalue weighted by molar-refractivity contribution is 1.39. The smallest absolute Gasteiger partial charge is 0.0647 e. The van der Waals surface area contributed by atoms with Gasteiger partial charge in [0.05, 0.1) is 11.4 Å². The summed E-state index contributed by atoms with van der Waals surface area (Å²) < 4.78 is 0. The average Bonchev–Trinajstić information content (AvgIpc) is 2.26. The van der Waals surface area contributed by atoms with Gasteiger partial charge >= 0.3 is 0 Å². The Bertz CT molecular complexity index is 530. The van der Waals surface area contributed by atoms with Crippen molar-refractivity contribution in [1.82, 2.24) is 0 Å². The van der Waals surface area contributed by atoms with Gasteiger partial charge in [0.25, 0.3) is 0 Å². The molecule has 0 saturated carbocycles. The van der Waals surface area contributed by atoms with Crippen molar-refractivity contribution in [2.75, 3.05) is 11.1 Å². The molecule has 0 radical (unpaired) electrons. The molecular formula is C14H15ClN2. The van der Waals surface area contributed by atoms with E-state index in [2.05, 4.69) is 5.32 Å². The van der Waals surface area contributed by atoms with Gasteiger partial charge in [0.1, 0.15) is 0 Å². The Morgan fingerprint density at radius 2 is 1.82 bits per heavy atom. The highest BCUT2D eigenvalue weighted by Gasteiger charge is 2.05. The fourth-order valence-electron chi connectivity index (χ4n) is 1.76. The zero-order valence-corrected chi connectivity index (χ0v) is 10.7. The third-order valence-electron chi connectivity index (χ3n) is 2.75. The number of anilines is 3. The van der Waals surface area contributed by atoms with Crippen LogP contribution in [0.1, 0.15) is 11.1 Å². The summed E-state index contributed by atoms with van der Waals surface area (Å²) in [6.45, 7) is 4.05. The maximum Gasteiger partial charge on any atom is 0.0647 e. The topological polar surface area (TPSA) is 38.0 Å². The number of benzene rings is 2. The Morgan fingerprint density at radius 3 is 2.47 bits per heavy atom. The first-order valence-corrected chi connectivity index (χ1v) is 5.84. The van der Waals surface area contributed by atoms with Gasteiger partial charge in [-0.15, -0.1) is 0 Å². The van der Waals surface area contributed by atoms with Crippen molar-refractivity contribution >= 4 is 28.7 Å². The Kier molecular flexibility index (Phi) is 3.25. The summed E-state index contributed by atoms with van der Waals surface area (Å²) in [7, 11) is 0. The molecule has 2 aromatic rings. The van der Waals surface area contributed by atoms with E-state index >= 15 is 0 Å². The van der Waals surface area contributed by atoms with E-state index in [-0.39, 0.29) is 0 Å². The standard InChI is InChI=1S/C14H15ClN2/c1-9-4-3-5-12(16)14(9)17-13-7-6-11(15)8-10(13)2/h3-8,17H,16H2,1-2H3. The third-order valence-corrected chi connectivity index (χ3v) is 2.99. The summed E-state index contributed by atoms with van der Waals surface area (Å²) in [4.78, 5) is 0. The molecule has 0 aliphatic carbocycles. The Labute approximate surface area is 106 Å². The van der Waals surface area contributed by atoms with Crippen molar-refractivity contribution in [3.63, 3.8) is 0 Å². The highest BCUT2D eigenvalue weighted by molar-refractivity contribution is 6.30. The number of nitrogens with two attached hydrogens (primary N) is 1. The van der Waals surface area contributed by atoms with Crippen molar-refractivity contribution in [3.8, 4) is 0 Å². The molecule has 2 aromatic carbocycles. The predicted molar refractivity (Wildman–Crippen MR) is 75.1 cm³/mol. The summed E-state index contributed by atoms with van der Waals surface area (Å²) >= 11 is 5.93.